The second-order valence-corrected chi connectivity index (χ2v) is 5.55. The van der Waals surface area contributed by atoms with Gasteiger partial charge in [0.05, 0.1) is 12.2 Å². The van der Waals surface area contributed by atoms with Crippen LogP contribution in [0.25, 0.3) is 0 Å². The first-order valence-electron chi connectivity index (χ1n) is 6.71. The molecule has 2 atom stereocenters. The summed E-state index contributed by atoms with van der Waals surface area (Å²) in [4.78, 5) is 14.2. The molecule has 1 aliphatic heterocycles. The van der Waals surface area contributed by atoms with Crippen molar-refractivity contribution in [3.63, 3.8) is 0 Å². The van der Waals surface area contributed by atoms with E-state index in [-0.39, 0.29) is 11.6 Å². The zero-order valence-electron chi connectivity index (χ0n) is 10.7. The molecule has 1 aromatic carbocycles. The summed E-state index contributed by atoms with van der Waals surface area (Å²) < 4.78 is 13.0. The van der Waals surface area contributed by atoms with Gasteiger partial charge in [0.1, 0.15) is 5.82 Å². The lowest BCUT2D eigenvalue weighted by Crippen LogP contribution is -2.38. The van der Waals surface area contributed by atoms with Crippen molar-refractivity contribution in [3.05, 3.63) is 24.0 Å². The van der Waals surface area contributed by atoms with Crippen LogP contribution in [0.4, 0.5) is 15.8 Å². The average molecular weight is 263 g/mol. The van der Waals surface area contributed by atoms with Gasteiger partial charge in [-0.3, -0.25) is 9.69 Å². The van der Waals surface area contributed by atoms with Crippen LogP contribution in [0.3, 0.4) is 0 Å². The molecular weight excluding hydrogens is 245 g/mol. The van der Waals surface area contributed by atoms with Crippen LogP contribution in [-0.4, -0.2) is 29.9 Å². The summed E-state index contributed by atoms with van der Waals surface area (Å²) in [5.74, 6) is 0.257. The summed E-state index contributed by atoms with van der Waals surface area (Å²) in [6.07, 6.45) is 3.75. The van der Waals surface area contributed by atoms with Crippen LogP contribution in [0.2, 0.25) is 0 Å². The van der Waals surface area contributed by atoms with E-state index >= 15 is 0 Å². The van der Waals surface area contributed by atoms with Crippen molar-refractivity contribution in [1.82, 2.24) is 4.90 Å². The van der Waals surface area contributed by atoms with E-state index in [0.717, 1.165) is 12.5 Å². The Labute approximate surface area is 111 Å². The third kappa shape index (κ3) is 2.56. The van der Waals surface area contributed by atoms with E-state index in [1.807, 2.05) is 0 Å². The molecule has 2 fully saturated rings. The molecule has 0 radical (unpaired) electrons. The number of carbonyl (C=O) groups is 1. The maximum Gasteiger partial charge on any atom is 0.238 e. The lowest BCUT2D eigenvalue weighted by Gasteiger charge is -2.25. The van der Waals surface area contributed by atoms with Crippen LogP contribution in [0.1, 0.15) is 19.3 Å². The molecule has 4 nitrogen and oxygen atoms in total. The fourth-order valence-electron chi connectivity index (χ4n) is 3.23. The lowest BCUT2D eigenvalue weighted by molar-refractivity contribution is -0.117. The van der Waals surface area contributed by atoms with Crippen molar-refractivity contribution in [2.75, 3.05) is 24.1 Å². The van der Waals surface area contributed by atoms with E-state index in [4.69, 9.17) is 5.73 Å². The summed E-state index contributed by atoms with van der Waals surface area (Å²) in [5.41, 5.74) is 6.08. The second-order valence-electron chi connectivity index (χ2n) is 5.55. The summed E-state index contributed by atoms with van der Waals surface area (Å²) in [6, 6.07) is 4.82. The molecule has 2 aliphatic rings. The van der Waals surface area contributed by atoms with Crippen LogP contribution in [0.15, 0.2) is 18.2 Å². The third-order valence-electron chi connectivity index (χ3n) is 4.15. The number of benzene rings is 1. The monoisotopic (exact) mass is 263 g/mol. The lowest BCUT2D eigenvalue weighted by atomic mass is 10.1. The number of nitrogens with two attached hydrogens (primary N) is 1. The summed E-state index contributed by atoms with van der Waals surface area (Å²) in [7, 11) is 0. The topological polar surface area (TPSA) is 58.4 Å². The van der Waals surface area contributed by atoms with Crippen molar-refractivity contribution in [2.24, 2.45) is 5.92 Å². The molecule has 5 heteroatoms. The Bertz CT molecular complexity index is 505. The summed E-state index contributed by atoms with van der Waals surface area (Å²) in [6.45, 7) is 1.45. The summed E-state index contributed by atoms with van der Waals surface area (Å²) >= 11 is 0. The van der Waals surface area contributed by atoms with Crippen LogP contribution in [0.5, 0.6) is 0 Å². The highest BCUT2D eigenvalue weighted by atomic mass is 19.1. The smallest absolute Gasteiger partial charge is 0.238 e. The normalized spacial score (nSPS) is 25.7. The Balaban J connectivity index is 1.57. The average Bonchev–Trinajstić information content (AvgIpc) is 2.96. The zero-order valence-corrected chi connectivity index (χ0v) is 10.7. The Morgan fingerprint density at radius 1 is 1.47 bits per heavy atom. The van der Waals surface area contributed by atoms with Crippen LogP contribution in [-0.2, 0) is 4.79 Å². The number of amides is 1. The van der Waals surface area contributed by atoms with Gasteiger partial charge in [0.2, 0.25) is 5.91 Å². The van der Waals surface area contributed by atoms with Gasteiger partial charge in [-0.2, -0.15) is 0 Å². The minimum atomic E-state index is -0.463. The number of fused-ring (bicyclic) bond motifs is 2. The number of piperidine rings is 1. The van der Waals surface area contributed by atoms with Gasteiger partial charge >= 0.3 is 0 Å². The molecule has 3 rings (SSSR count). The summed E-state index contributed by atoms with van der Waals surface area (Å²) in [5, 5.41) is 2.77. The first-order chi connectivity index (χ1) is 9.11. The standard InChI is InChI=1S/C14H18FN3O/c15-12-4-2-10(6-13(12)16)17-14(19)8-18-7-9-1-3-11(18)5-9/h2,4,6,9,11H,1,3,5,7-8,16H2,(H,17,19). The van der Waals surface area contributed by atoms with Gasteiger partial charge in [-0.05, 0) is 43.4 Å². The molecule has 1 saturated carbocycles. The predicted octanol–water partition coefficient (Wildman–Crippen LogP) is 1.83. The van der Waals surface area contributed by atoms with Crippen LogP contribution in [0, 0.1) is 11.7 Å². The van der Waals surface area contributed by atoms with Crippen molar-refractivity contribution in [2.45, 2.75) is 25.3 Å². The van der Waals surface area contributed by atoms with Crippen LogP contribution < -0.4 is 11.1 Å². The van der Waals surface area contributed by atoms with Gasteiger partial charge in [0.25, 0.3) is 0 Å². The maximum atomic E-state index is 13.0. The molecule has 1 aromatic rings. The van der Waals surface area contributed by atoms with Gasteiger partial charge in [-0.1, -0.05) is 0 Å². The van der Waals surface area contributed by atoms with Crippen LogP contribution >= 0.6 is 0 Å². The maximum absolute atomic E-state index is 13.0. The Morgan fingerprint density at radius 3 is 2.95 bits per heavy atom. The van der Waals surface area contributed by atoms with Crippen molar-refractivity contribution in [1.29, 1.82) is 0 Å². The molecule has 19 heavy (non-hydrogen) atoms. The van der Waals surface area contributed by atoms with Crippen molar-refractivity contribution >= 4 is 17.3 Å². The molecule has 1 aliphatic carbocycles. The number of nitrogen functional groups attached to an aromatic ring is 1. The third-order valence-corrected chi connectivity index (χ3v) is 4.15. The second kappa shape index (κ2) is 4.81. The molecule has 3 N–H and O–H groups in total. The quantitative estimate of drug-likeness (QED) is 0.818. The number of anilines is 2. The first-order valence-corrected chi connectivity index (χ1v) is 6.71. The Hall–Kier alpha value is -1.62. The van der Waals surface area contributed by atoms with Gasteiger partial charge in [-0.15, -0.1) is 0 Å². The molecular formula is C14H18FN3O. The SMILES string of the molecule is Nc1cc(NC(=O)CN2CC3CCC2C3)ccc1F. The molecule has 102 valence electrons. The highest BCUT2D eigenvalue weighted by molar-refractivity contribution is 5.92. The van der Waals surface area contributed by atoms with E-state index in [0.29, 0.717) is 18.3 Å². The molecule has 1 saturated heterocycles. The van der Waals surface area contributed by atoms with Gasteiger partial charge < -0.3 is 11.1 Å². The fraction of sp³-hybridized carbons (Fsp3) is 0.500. The number of carbonyl (C=O) groups excluding carboxylic acids is 1. The molecule has 1 heterocycles. The highest BCUT2D eigenvalue weighted by Crippen LogP contribution is 2.36. The molecule has 1 amide bonds. The number of nitrogens with one attached hydrogen (secondary N) is 1. The van der Waals surface area contributed by atoms with E-state index < -0.39 is 5.82 Å². The highest BCUT2D eigenvalue weighted by Gasteiger charge is 2.38. The predicted molar refractivity (Wildman–Crippen MR) is 72.1 cm³/mol. The van der Waals surface area contributed by atoms with Crippen molar-refractivity contribution in [3.8, 4) is 0 Å². The minimum Gasteiger partial charge on any atom is -0.396 e. The number of nitrogens with zero attached hydrogens (tertiary/aromatic N) is 1. The number of halogens is 1. The van der Waals surface area contributed by atoms with E-state index in [1.54, 1.807) is 0 Å². The number of likely N-dealkylation sites (tertiary alicyclic amines) is 1. The fourth-order valence-corrected chi connectivity index (χ4v) is 3.23. The molecule has 0 spiro atoms. The largest absolute Gasteiger partial charge is 0.396 e. The van der Waals surface area contributed by atoms with E-state index in [2.05, 4.69) is 10.2 Å². The molecule has 2 unspecified atom stereocenters. The number of hydrogen-bond donors (Lipinski definition) is 2. The van der Waals surface area contributed by atoms with Gasteiger partial charge in [-0.25, -0.2) is 4.39 Å². The first kappa shape index (κ1) is 12.4. The minimum absolute atomic E-state index is 0.0537. The van der Waals surface area contributed by atoms with E-state index in [1.165, 1.54) is 37.5 Å². The Kier molecular flexibility index (Phi) is 3.14. The Morgan fingerprint density at radius 2 is 2.32 bits per heavy atom. The van der Waals surface area contributed by atoms with Gasteiger partial charge in [0, 0.05) is 18.3 Å². The molecule has 0 aromatic heterocycles. The van der Waals surface area contributed by atoms with Gasteiger partial charge in [0.15, 0.2) is 0 Å². The van der Waals surface area contributed by atoms with E-state index in [9.17, 15) is 9.18 Å². The zero-order chi connectivity index (χ0) is 13.4. The molecule has 2 bridgehead atoms. The number of rotatable bonds is 3. The van der Waals surface area contributed by atoms with Crippen molar-refractivity contribution < 1.29 is 9.18 Å². The number of hydrogen-bond acceptors (Lipinski definition) is 3.